The number of pyridine rings is 1. The Morgan fingerprint density at radius 1 is 1.30 bits per heavy atom. The normalized spacial score (nSPS) is 10.5. The quantitative estimate of drug-likeness (QED) is 0.807. The molecular weight excluding hydrogens is 252 g/mol. The number of aryl methyl sites for hydroxylation is 2. The van der Waals surface area contributed by atoms with Crippen LogP contribution in [0.3, 0.4) is 0 Å². The lowest BCUT2D eigenvalue weighted by Crippen LogP contribution is -2.26. The van der Waals surface area contributed by atoms with Crippen molar-refractivity contribution < 1.29 is 4.79 Å². The number of hydrogen-bond acceptors (Lipinski definition) is 3. The van der Waals surface area contributed by atoms with Crippen LogP contribution in [0.5, 0.6) is 0 Å². The van der Waals surface area contributed by atoms with Crippen molar-refractivity contribution in [2.24, 2.45) is 0 Å². The molecule has 0 spiro atoms. The molecule has 0 atom stereocenters. The van der Waals surface area contributed by atoms with Crippen LogP contribution in [0, 0.1) is 0 Å². The summed E-state index contributed by atoms with van der Waals surface area (Å²) in [6.45, 7) is 3.50. The van der Waals surface area contributed by atoms with Crippen molar-refractivity contribution in [3.05, 3.63) is 48.0 Å². The number of nitrogens with zero attached hydrogens (tertiary/aromatic N) is 4. The van der Waals surface area contributed by atoms with E-state index >= 15 is 0 Å². The van der Waals surface area contributed by atoms with Crippen LogP contribution in [0.2, 0.25) is 0 Å². The number of amides is 1. The molecule has 5 nitrogen and oxygen atoms in total. The van der Waals surface area contributed by atoms with Gasteiger partial charge in [0.1, 0.15) is 0 Å². The van der Waals surface area contributed by atoms with E-state index < -0.39 is 0 Å². The van der Waals surface area contributed by atoms with Gasteiger partial charge in [-0.05, 0) is 31.0 Å². The molecule has 1 amide bonds. The second-order valence-electron chi connectivity index (χ2n) is 4.81. The van der Waals surface area contributed by atoms with Gasteiger partial charge >= 0.3 is 0 Å². The van der Waals surface area contributed by atoms with Gasteiger partial charge in [0.05, 0.1) is 6.20 Å². The molecule has 0 N–H and O–H groups in total. The predicted molar refractivity (Wildman–Crippen MR) is 76.9 cm³/mol. The molecular formula is C15H20N4O. The minimum absolute atomic E-state index is 0.145. The number of carbonyl (C=O) groups excluding carboxylic acids is 1. The largest absolute Gasteiger partial charge is 0.341 e. The number of hydrogen-bond donors (Lipinski definition) is 0. The zero-order chi connectivity index (χ0) is 14.4. The van der Waals surface area contributed by atoms with Gasteiger partial charge in [-0.1, -0.05) is 0 Å². The highest BCUT2D eigenvalue weighted by atomic mass is 16.2. The number of aromatic nitrogens is 3. The molecule has 2 heterocycles. The first kappa shape index (κ1) is 14.2. The fourth-order valence-corrected chi connectivity index (χ4v) is 2.01. The molecule has 0 bridgehead atoms. The maximum atomic E-state index is 12.1. The summed E-state index contributed by atoms with van der Waals surface area (Å²) >= 11 is 0. The van der Waals surface area contributed by atoms with Gasteiger partial charge in [-0.15, -0.1) is 0 Å². The van der Waals surface area contributed by atoms with Crippen molar-refractivity contribution in [3.63, 3.8) is 0 Å². The Balaban J connectivity index is 1.82. The Morgan fingerprint density at radius 3 is 2.70 bits per heavy atom. The van der Waals surface area contributed by atoms with E-state index in [1.165, 1.54) is 0 Å². The Hall–Kier alpha value is -2.17. The van der Waals surface area contributed by atoms with Crippen molar-refractivity contribution in [1.29, 1.82) is 0 Å². The molecule has 106 valence electrons. The molecule has 0 aliphatic rings. The summed E-state index contributed by atoms with van der Waals surface area (Å²) in [5, 5.41) is 4.21. The first-order chi connectivity index (χ1) is 9.69. The first-order valence-electron chi connectivity index (χ1n) is 6.83. The van der Waals surface area contributed by atoms with Gasteiger partial charge in [0.2, 0.25) is 5.91 Å². The van der Waals surface area contributed by atoms with Crippen LogP contribution in [-0.4, -0.2) is 32.6 Å². The van der Waals surface area contributed by atoms with Crippen LogP contribution in [0.1, 0.15) is 24.5 Å². The fraction of sp³-hybridized carbons (Fsp3) is 0.400. The average molecular weight is 272 g/mol. The van der Waals surface area contributed by atoms with Crippen LogP contribution in [-0.2, 0) is 24.3 Å². The van der Waals surface area contributed by atoms with Gasteiger partial charge in [0, 0.05) is 50.7 Å². The Morgan fingerprint density at radius 2 is 2.05 bits per heavy atom. The molecule has 0 aliphatic heterocycles. The van der Waals surface area contributed by atoms with Crippen LogP contribution in [0.4, 0.5) is 0 Å². The summed E-state index contributed by atoms with van der Waals surface area (Å²) in [6, 6.07) is 3.89. The highest BCUT2D eigenvalue weighted by Crippen LogP contribution is 2.06. The lowest BCUT2D eigenvalue weighted by Gasteiger charge is -2.16. The van der Waals surface area contributed by atoms with Crippen LogP contribution in [0.15, 0.2) is 36.9 Å². The molecule has 0 unspecified atom stereocenters. The average Bonchev–Trinajstić information content (AvgIpc) is 2.93. The highest BCUT2D eigenvalue weighted by molar-refractivity contribution is 5.76. The van der Waals surface area contributed by atoms with Gasteiger partial charge in [-0.3, -0.25) is 14.5 Å². The second kappa shape index (κ2) is 6.84. The lowest BCUT2D eigenvalue weighted by atomic mass is 10.1. The van der Waals surface area contributed by atoms with Gasteiger partial charge in [0.25, 0.3) is 0 Å². The van der Waals surface area contributed by atoms with E-state index in [0.717, 1.165) is 24.1 Å². The van der Waals surface area contributed by atoms with Crippen molar-refractivity contribution >= 4 is 5.91 Å². The van der Waals surface area contributed by atoms with Crippen molar-refractivity contribution in [1.82, 2.24) is 19.7 Å². The third-order valence-corrected chi connectivity index (χ3v) is 3.23. The molecule has 0 radical (unpaired) electrons. The Bertz CT molecular complexity index is 550. The molecule has 0 fully saturated rings. The molecule has 0 aromatic carbocycles. The molecule has 0 aliphatic carbocycles. The Kier molecular flexibility index (Phi) is 4.87. The maximum Gasteiger partial charge on any atom is 0.222 e. The summed E-state index contributed by atoms with van der Waals surface area (Å²) in [6.07, 6.45) is 8.57. The van der Waals surface area contributed by atoms with Crippen molar-refractivity contribution in [2.45, 2.75) is 32.9 Å². The van der Waals surface area contributed by atoms with Gasteiger partial charge in [-0.25, -0.2) is 0 Å². The highest BCUT2D eigenvalue weighted by Gasteiger charge is 2.10. The predicted octanol–water partition coefficient (Wildman–Crippen LogP) is 1.89. The van der Waals surface area contributed by atoms with Crippen LogP contribution < -0.4 is 0 Å². The molecule has 20 heavy (non-hydrogen) atoms. The van der Waals surface area contributed by atoms with Crippen LogP contribution >= 0.6 is 0 Å². The minimum Gasteiger partial charge on any atom is -0.341 e. The molecule has 0 saturated carbocycles. The van der Waals surface area contributed by atoms with E-state index in [-0.39, 0.29) is 5.91 Å². The van der Waals surface area contributed by atoms with Crippen molar-refractivity contribution in [3.8, 4) is 0 Å². The smallest absolute Gasteiger partial charge is 0.222 e. The Labute approximate surface area is 119 Å². The zero-order valence-electron chi connectivity index (χ0n) is 12.0. The van der Waals surface area contributed by atoms with E-state index in [0.29, 0.717) is 13.0 Å². The summed E-state index contributed by atoms with van der Waals surface area (Å²) in [7, 11) is 1.83. The van der Waals surface area contributed by atoms with E-state index in [2.05, 4.69) is 10.1 Å². The topological polar surface area (TPSA) is 51.0 Å². The molecule has 2 rings (SSSR count). The lowest BCUT2D eigenvalue weighted by molar-refractivity contribution is -0.130. The monoisotopic (exact) mass is 272 g/mol. The standard InChI is InChI=1S/C15H20N4O/c1-3-19-12-14(10-17-19)11-18(2)15(20)5-4-13-6-8-16-9-7-13/h6-10,12H,3-5,11H2,1-2H3. The number of rotatable bonds is 6. The molecule has 2 aromatic heterocycles. The second-order valence-corrected chi connectivity index (χ2v) is 4.81. The zero-order valence-corrected chi connectivity index (χ0v) is 12.0. The van der Waals surface area contributed by atoms with E-state index in [9.17, 15) is 4.79 Å². The first-order valence-corrected chi connectivity index (χ1v) is 6.83. The SMILES string of the molecule is CCn1cc(CN(C)C(=O)CCc2ccncc2)cn1. The minimum atomic E-state index is 0.145. The maximum absolute atomic E-state index is 12.1. The molecule has 0 saturated heterocycles. The summed E-state index contributed by atoms with van der Waals surface area (Å²) < 4.78 is 1.87. The third-order valence-electron chi connectivity index (χ3n) is 3.23. The molecule has 2 aromatic rings. The number of carbonyl (C=O) groups is 1. The fourth-order valence-electron chi connectivity index (χ4n) is 2.01. The van der Waals surface area contributed by atoms with E-state index in [4.69, 9.17) is 0 Å². The summed E-state index contributed by atoms with van der Waals surface area (Å²) in [4.78, 5) is 17.8. The van der Waals surface area contributed by atoms with Crippen LogP contribution in [0.25, 0.3) is 0 Å². The van der Waals surface area contributed by atoms with Gasteiger partial charge in [0.15, 0.2) is 0 Å². The van der Waals surface area contributed by atoms with Gasteiger partial charge < -0.3 is 4.90 Å². The summed E-state index contributed by atoms with van der Waals surface area (Å²) in [5.41, 5.74) is 2.20. The third kappa shape index (κ3) is 3.91. The summed E-state index contributed by atoms with van der Waals surface area (Å²) in [5.74, 6) is 0.145. The van der Waals surface area contributed by atoms with Gasteiger partial charge in [-0.2, -0.15) is 5.10 Å². The van der Waals surface area contributed by atoms with E-state index in [1.54, 1.807) is 17.3 Å². The van der Waals surface area contributed by atoms with Crippen molar-refractivity contribution in [2.75, 3.05) is 7.05 Å². The molecule has 5 heteroatoms. The van der Waals surface area contributed by atoms with E-state index in [1.807, 2.05) is 43.2 Å².